The Labute approximate surface area is 105 Å². The predicted molar refractivity (Wildman–Crippen MR) is 69.1 cm³/mol. The molecular formula is C11H17NO2S2. The monoisotopic (exact) mass is 259 g/mol. The van der Waals surface area contributed by atoms with Crippen molar-refractivity contribution in [2.75, 3.05) is 19.9 Å². The SMILES string of the molecule is CNC(C)(CCSc1cccs1)C(=O)OC. The molecule has 1 N–H and O–H groups in total. The number of thiophene rings is 1. The van der Waals surface area contributed by atoms with Crippen molar-refractivity contribution in [2.45, 2.75) is 23.1 Å². The highest BCUT2D eigenvalue weighted by Crippen LogP contribution is 2.26. The summed E-state index contributed by atoms with van der Waals surface area (Å²) in [5.74, 6) is 0.689. The summed E-state index contributed by atoms with van der Waals surface area (Å²) < 4.78 is 6.07. The average molecular weight is 259 g/mol. The molecule has 1 atom stereocenters. The lowest BCUT2D eigenvalue weighted by atomic mass is 10.00. The van der Waals surface area contributed by atoms with E-state index in [1.165, 1.54) is 11.3 Å². The Balaban J connectivity index is 2.42. The molecular weight excluding hydrogens is 242 g/mol. The zero-order chi connectivity index (χ0) is 12.0. The van der Waals surface area contributed by atoms with Crippen LogP contribution in [0.25, 0.3) is 0 Å². The van der Waals surface area contributed by atoms with Crippen LogP contribution < -0.4 is 5.32 Å². The number of likely N-dealkylation sites (N-methyl/N-ethyl adjacent to an activating group) is 1. The summed E-state index contributed by atoms with van der Waals surface area (Å²) >= 11 is 3.49. The number of nitrogens with one attached hydrogen (secondary N) is 1. The Morgan fingerprint density at radius 1 is 1.69 bits per heavy atom. The van der Waals surface area contributed by atoms with E-state index in [0.717, 1.165) is 12.2 Å². The van der Waals surface area contributed by atoms with Crippen LogP contribution in [0.2, 0.25) is 0 Å². The number of carbonyl (C=O) groups is 1. The molecule has 3 nitrogen and oxygen atoms in total. The molecule has 0 aromatic carbocycles. The van der Waals surface area contributed by atoms with E-state index >= 15 is 0 Å². The number of ether oxygens (including phenoxy) is 1. The first kappa shape index (κ1) is 13.5. The Bertz CT molecular complexity index is 327. The lowest BCUT2D eigenvalue weighted by molar-refractivity contribution is -0.147. The predicted octanol–water partition coefficient (Wildman–Crippen LogP) is 2.38. The molecule has 5 heteroatoms. The van der Waals surface area contributed by atoms with Crippen molar-refractivity contribution in [3.05, 3.63) is 17.5 Å². The molecule has 0 spiro atoms. The van der Waals surface area contributed by atoms with Gasteiger partial charge in [-0.05, 0) is 31.8 Å². The molecule has 0 aliphatic heterocycles. The normalized spacial score (nSPS) is 14.4. The second-order valence-electron chi connectivity index (χ2n) is 3.60. The van der Waals surface area contributed by atoms with Crippen molar-refractivity contribution in [1.82, 2.24) is 5.32 Å². The van der Waals surface area contributed by atoms with Gasteiger partial charge in [-0.25, -0.2) is 0 Å². The van der Waals surface area contributed by atoms with Gasteiger partial charge in [0.1, 0.15) is 5.54 Å². The third-order valence-corrected chi connectivity index (χ3v) is 4.66. The summed E-state index contributed by atoms with van der Waals surface area (Å²) in [4.78, 5) is 11.6. The molecule has 1 heterocycles. The minimum atomic E-state index is -0.584. The highest BCUT2D eigenvalue weighted by molar-refractivity contribution is 8.01. The maximum absolute atomic E-state index is 11.6. The Morgan fingerprint density at radius 2 is 2.44 bits per heavy atom. The van der Waals surface area contributed by atoms with Crippen molar-refractivity contribution in [2.24, 2.45) is 0 Å². The quantitative estimate of drug-likeness (QED) is 0.629. The highest BCUT2D eigenvalue weighted by Gasteiger charge is 2.31. The Morgan fingerprint density at radius 3 is 2.94 bits per heavy atom. The second kappa shape index (κ2) is 6.27. The van der Waals surface area contributed by atoms with E-state index in [9.17, 15) is 4.79 Å². The molecule has 1 unspecified atom stereocenters. The number of hydrogen-bond donors (Lipinski definition) is 1. The van der Waals surface area contributed by atoms with Crippen LogP contribution in [0.3, 0.4) is 0 Å². The molecule has 0 aliphatic rings. The average Bonchev–Trinajstić information content (AvgIpc) is 2.80. The smallest absolute Gasteiger partial charge is 0.325 e. The van der Waals surface area contributed by atoms with Crippen LogP contribution in [0.15, 0.2) is 21.7 Å². The van der Waals surface area contributed by atoms with Crippen molar-refractivity contribution >= 4 is 29.1 Å². The summed E-state index contributed by atoms with van der Waals surface area (Å²) in [5.41, 5.74) is -0.584. The first-order chi connectivity index (χ1) is 7.62. The van der Waals surface area contributed by atoms with E-state index in [4.69, 9.17) is 4.74 Å². The third-order valence-electron chi connectivity index (χ3n) is 2.53. The van der Waals surface area contributed by atoms with Crippen LogP contribution >= 0.6 is 23.1 Å². The van der Waals surface area contributed by atoms with Crippen molar-refractivity contribution in [3.8, 4) is 0 Å². The minimum Gasteiger partial charge on any atom is -0.468 e. The molecule has 0 saturated carbocycles. The summed E-state index contributed by atoms with van der Waals surface area (Å²) in [6.07, 6.45) is 0.749. The maximum Gasteiger partial charge on any atom is 0.325 e. The van der Waals surface area contributed by atoms with E-state index in [1.54, 1.807) is 30.1 Å². The van der Waals surface area contributed by atoms with Gasteiger partial charge in [-0.2, -0.15) is 0 Å². The van der Waals surface area contributed by atoms with E-state index in [1.807, 2.05) is 13.0 Å². The van der Waals surface area contributed by atoms with Gasteiger partial charge in [-0.1, -0.05) is 6.07 Å². The van der Waals surface area contributed by atoms with E-state index in [-0.39, 0.29) is 5.97 Å². The molecule has 0 radical (unpaired) electrons. The van der Waals surface area contributed by atoms with Crippen LogP contribution in [0.1, 0.15) is 13.3 Å². The number of esters is 1. The molecule has 1 aromatic heterocycles. The largest absolute Gasteiger partial charge is 0.468 e. The summed E-state index contributed by atoms with van der Waals surface area (Å²) in [6, 6.07) is 4.12. The van der Waals surface area contributed by atoms with Gasteiger partial charge < -0.3 is 10.1 Å². The third kappa shape index (κ3) is 3.50. The summed E-state index contributed by atoms with van der Waals surface area (Å²) in [6.45, 7) is 1.87. The molecule has 16 heavy (non-hydrogen) atoms. The van der Waals surface area contributed by atoms with Crippen LogP contribution in [0.4, 0.5) is 0 Å². The molecule has 0 bridgehead atoms. The van der Waals surface area contributed by atoms with Gasteiger partial charge in [0.25, 0.3) is 0 Å². The molecule has 1 aromatic rings. The van der Waals surface area contributed by atoms with Crippen molar-refractivity contribution in [3.63, 3.8) is 0 Å². The van der Waals surface area contributed by atoms with Gasteiger partial charge in [-0.3, -0.25) is 4.79 Å². The zero-order valence-electron chi connectivity index (χ0n) is 9.78. The maximum atomic E-state index is 11.6. The molecule has 1 rings (SSSR count). The topological polar surface area (TPSA) is 38.3 Å². The summed E-state index contributed by atoms with van der Waals surface area (Å²) in [5, 5.41) is 5.08. The standard InChI is InChI=1S/C11H17NO2S2/c1-11(12-2,10(13)14-3)6-8-16-9-5-4-7-15-9/h4-5,7,12H,6,8H2,1-3H3. The summed E-state index contributed by atoms with van der Waals surface area (Å²) in [7, 11) is 3.21. The number of carbonyl (C=O) groups excluding carboxylic acids is 1. The fourth-order valence-corrected chi connectivity index (χ4v) is 3.28. The van der Waals surface area contributed by atoms with E-state index < -0.39 is 5.54 Å². The number of methoxy groups -OCH3 is 1. The fourth-order valence-electron chi connectivity index (χ4n) is 1.26. The van der Waals surface area contributed by atoms with Gasteiger partial charge in [0, 0.05) is 5.75 Å². The molecule has 90 valence electrons. The Kier molecular flexibility index (Phi) is 5.31. The number of rotatable bonds is 6. The van der Waals surface area contributed by atoms with Crippen LogP contribution in [0, 0.1) is 0 Å². The fraction of sp³-hybridized carbons (Fsp3) is 0.545. The van der Waals surface area contributed by atoms with Crippen molar-refractivity contribution in [1.29, 1.82) is 0 Å². The van der Waals surface area contributed by atoms with Gasteiger partial charge in [0.2, 0.25) is 0 Å². The molecule has 0 saturated heterocycles. The van der Waals surface area contributed by atoms with Crippen LogP contribution in [-0.2, 0) is 9.53 Å². The first-order valence-electron chi connectivity index (χ1n) is 5.06. The zero-order valence-corrected chi connectivity index (χ0v) is 11.4. The second-order valence-corrected chi connectivity index (χ2v) is 5.95. The first-order valence-corrected chi connectivity index (χ1v) is 6.92. The van der Waals surface area contributed by atoms with Gasteiger partial charge >= 0.3 is 5.97 Å². The molecule has 0 aliphatic carbocycles. The van der Waals surface area contributed by atoms with E-state index in [2.05, 4.69) is 16.8 Å². The van der Waals surface area contributed by atoms with Crippen molar-refractivity contribution < 1.29 is 9.53 Å². The van der Waals surface area contributed by atoms with E-state index in [0.29, 0.717) is 0 Å². The van der Waals surface area contributed by atoms with Crippen LogP contribution in [0.5, 0.6) is 0 Å². The number of hydrogen-bond acceptors (Lipinski definition) is 5. The highest BCUT2D eigenvalue weighted by atomic mass is 32.2. The number of thioether (sulfide) groups is 1. The van der Waals surface area contributed by atoms with Crippen LogP contribution in [-0.4, -0.2) is 31.4 Å². The van der Waals surface area contributed by atoms with Gasteiger partial charge in [0.05, 0.1) is 11.3 Å². The Hall–Kier alpha value is -0.520. The lowest BCUT2D eigenvalue weighted by Gasteiger charge is -2.25. The molecule has 0 amide bonds. The minimum absolute atomic E-state index is 0.207. The lowest BCUT2D eigenvalue weighted by Crippen LogP contribution is -2.48. The van der Waals surface area contributed by atoms with Gasteiger partial charge in [-0.15, -0.1) is 23.1 Å². The van der Waals surface area contributed by atoms with Gasteiger partial charge in [0.15, 0.2) is 0 Å². The molecule has 0 fully saturated rings.